The average molecular weight is 781 g/mol. The Hall–Kier alpha value is -2.24. The van der Waals surface area contributed by atoms with Crippen molar-refractivity contribution in [1.82, 2.24) is 0 Å². The van der Waals surface area contributed by atoms with Crippen molar-refractivity contribution in [3.8, 4) is 0 Å². The van der Waals surface area contributed by atoms with Crippen molar-refractivity contribution < 1.29 is 29.4 Å². The van der Waals surface area contributed by atoms with Gasteiger partial charge in [0.25, 0.3) is 0 Å². The Morgan fingerprint density at radius 3 is 1.00 bits per heavy atom. The summed E-state index contributed by atoms with van der Waals surface area (Å²) >= 11 is 0. The van der Waals surface area contributed by atoms with Crippen LogP contribution in [-0.2, 0) is 19.2 Å². The van der Waals surface area contributed by atoms with E-state index in [2.05, 4.69) is 0 Å². The normalized spacial score (nSPS) is 27.0. The predicted molar refractivity (Wildman–Crippen MR) is 231 cm³/mol. The molecule has 0 heterocycles. The minimum Gasteiger partial charge on any atom is -0.481 e. The van der Waals surface area contributed by atoms with Crippen LogP contribution < -0.4 is 0 Å². The molecule has 0 spiro atoms. The van der Waals surface area contributed by atoms with E-state index >= 15 is 0 Å². The fourth-order valence-corrected chi connectivity index (χ4v) is 11.0. The molecule has 6 saturated carbocycles. The quantitative estimate of drug-likeness (QED) is 0.170. The van der Waals surface area contributed by atoms with E-state index in [0.717, 1.165) is 49.4 Å². The highest BCUT2D eigenvalue weighted by atomic mass is 16.4. The number of allylic oxidation sites excluding steroid dienone is 4. The molecule has 0 bridgehead atoms. The number of carboxylic acid groups (broad SMARTS) is 2. The molecule has 0 aliphatic heterocycles. The van der Waals surface area contributed by atoms with Gasteiger partial charge in [-0.2, -0.15) is 0 Å². The van der Waals surface area contributed by atoms with Gasteiger partial charge < -0.3 is 10.2 Å². The van der Waals surface area contributed by atoms with Crippen LogP contribution in [0.4, 0.5) is 0 Å². The Labute approximate surface area is 342 Å². The molecule has 0 amide bonds. The summed E-state index contributed by atoms with van der Waals surface area (Å²) in [5, 5.41) is 17.4. The maximum Gasteiger partial charge on any atom is 0.303 e. The molecule has 56 heavy (non-hydrogen) atoms. The number of hydrogen-bond acceptors (Lipinski definition) is 4. The van der Waals surface area contributed by atoms with Crippen LogP contribution in [0, 0.1) is 47.3 Å². The van der Waals surface area contributed by atoms with Gasteiger partial charge in [0, 0.05) is 37.5 Å². The lowest BCUT2D eigenvalue weighted by Crippen LogP contribution is -2.17. The molecule has 320 valence electrons. The first kappa shape index (κ1) is 48.1. The van der Waals surface area contributed by atoms with E-state index in [1.54, 1.807) is 64.2 Å². The van der Waals surface area contributed by atoms with Gasteiger partial charge in [0.15, 0.2) is 0 Å². The SMILES string of the molecule is C1CCC(CC2CCCCC2)CC1.C1CCC(CC2CCCCC2)CC1.CC/C=C\CC1C(=O)CCC1CC(=O)O.CC/C=C\CC1C(=O)CCC1CC(=O)O. The maximum absolute atomic E-state index is 11.5. The van der Waals surface area contributed by atoms with E-state index < -0.39 is 11.9 Å². The summed E-state index contributed by atoms with van der Waals surface area (Å²) in [5.74, 6) is 3.38. The lowest BCUT2D eigenvalue weighted by atomic mass is 9.78. The number of ketones is 2. The topological polar surface area (TPSA) is 109 Å². The second-order valence-corrected chi connectivity index (χ2v) is 18.7. The van der Waals surface area contributed by atoms with Gasteiger partial charge in [-0.3, -0.25) is 19.2 Å². The molecule has 4 atom stereocenters. The van der Waals surface area contributed by atoms with Crippen molar-refractivity contribution in [2.75, 3.05) is 0 Å². The second-order valence-electron chi connectivity index (χ2n) is 18.7. The first-order chi connectivity index (χ1) is 27.2. The van der Waals surface area contributed by atoms with Crippen LogP contribution >= 0.6 is 0 Å². The molecule has 0 saturated heterocycles. The molecule has 2 N–H and O–H groups in total. The van der Waals surface area contributed by atoms with Crippen LogP contribution in [0.25, 0.3) is 0 Å². The summed E-state index contributed by atoms with van der Waals surface area (Å²) in [5.41, 5.74) is 0. The minimum atomic E-state index is -0.792. The highest BCUT2D eigenvalue weighted by Crippen LogP contribution is 2.37. The summed E-state index contributed by atoms with van der Waals surface area (Å²) < 4.78 is 0. The molecule has 6 rings (SSSR count). The summed E-state index contributed by atoms with van der Waals surface area (Å²) in [6.07, 6.45) is 48.1. The van der Waals surface area contributed by atoms with E-state index in [9.17, 15) is 19.2 Å². The van der Waals surface area contributed by atoms with E-state index in [1.165, 1.54) is 77.0 Å². The van der Waals surface area contributed by atoms with Gasteiger partial charge in [-0.15, -0.1) is 0 Å². The van der Waals surface area contributed by atoms with E-state index in [-0.39, 0.29) is 48.1 Å². The Morgan fingerprint density at radius 1 is 0.464 bits per heavy atom. The average Bonchev–Trinajstić information content (AvgIpc) is 3.73. The van der Waals surface area contributed by atoms with Crippen molar-refractivity contribution >= 4 is 23.5 Å². The molecule has 0 aromatic heterocycles. The number of aliphatic carboxylic acids is 2. The summed E-state index contributed by atoms with van der Waals surface area (Å²) in [4.78, 5) is 44.3. The third-order valence-electron chi connectivity index (χ3n) is 14.2. The number of hydrogen-bond donors (Lipinski definition) is 2. The van der Waals surface area contributed by atoms with Crippen LogP contribution in [-0.4, -0.2) is 33.7 Å². The minimum absolute atomic E-state index is 0.0519. The van der Waals surface area contributed by atoms with Gasteiger partial charge in [0.1, 0.15) is 11.6 Å². The summed E-state index contributed by atoms with van der Waals surface area (Å²) in [6.45, 7) is 4.09. The molecule has 0 aromatic carbocycles. The summed E-state index contributed by atoms with van der Waals surface area (Å²) in [7, 11) is 0. The van der Waals surface area contributed by atoms with Crippen LogP contribution in [0.2, 0.25) is 0 Å². The van der Waals surface area contributed by atoms with E-state index in [4.69, 9.17) is 10.2 Å². The van der Waals surface area contributed by atoms with Crippen LogP contribution in [0.3, 0.4) is 0 Å². The smallest absolute Gasteiger partial charge is 0.303 e. The van der Waals surface area contributed by atoms with Gasteiger partial charge in [-0.1, -0.05) is 167 Å². The fraction of sp³-hybridized carbons (Fsp3) is 0.840. The van der Waals surface area contributed by atoms with E-state index in [0.29, 0.717) is 25.7 Å². The molecule has 0 radical (unpaired) electrons. The second kappa shape index (κ2) is 29.0. The standard InChI is InChI=1S/2C13H24.2C12H18O3/c2*1-3-7-12(8-4-1)11-13-9-5-2-6-10-13;2*1-2-3-4-5-10-9(8-12(14)15)6-7-11(10)13/h2*12-13H,1-11H2;2*3-4,9-10H,2,5-8H2,1H3,(H,14,15)/b;;2*4-3-. The third kappa shape index (κ3) is 20.0. The number of carbonyl (C=O) groups excluding carboxylic acids is 2. The van der Waals surface area contributed by atoms with Crippen molar-refractivity contribution in [3.05, 3.63) is 24.3 Å². The number of carboxylic acids is 2. The van der Waals surface area contributed by atoms with Crippen molar-refractivity contribution in [3.63, 3.8) is 0 Å². The Morgan fingerprint density at radius 2 is 0.750 bits per heavy atom. The van der Waals surface area contributed by atoms with Crippen LogP contribution in [0.15, 0.2) is 24.3 Å². The van der Waals surface area contributed by atoms with Crippen molar-refractivity contribution in [2.45, 2.75) is 219 Å². The van der Waals surface area contributed by atoms with Gasteiger partial charge in [0.05, 0.1) is 0 Å². The molecular weight excluding hydrogens is 697 g/mol. The zero-order valence-corrected chi connectivity index (χ0v) is 36.1. The Bertz CT molecular complexity index is 1030. The highest BCUT2D eigenvalue weighted by Gasteiger charge is 2.35. The molecule has 6 fully saturated rings. The molecule has 6 heteroatoms. The zero-order chi connectivity index (χ0) is 40.4. The lowest BCUT2D eigenvalue weighted by Gasteiger charge is -2.28. The van der Waals surface area contributed by atoms with Gasteiger partial charge in [-0.25, -0.2) is 0 Å². The largest absolute Gasteiger partial charge is 0.481 e. The molecular formula is C50H84O6. The zero-order valence-electron chi connectivity index (χ0n) is 36.1. The van der Waals surface area contributed by atoms with Crippen LogP contribution in [0.1, 0.15) is 219 Å². The fourth-order valence-electron chi connectivity index (χ4n) is 11.0. The maximum atomic E-state index is 11.5. The lowest BCUT2D eigenvalue weighted by molar-refractivity contribution is -0.139. The number of carbonyl (C=O) groups is 4. The Kier molecular flexibility index (Phi) is 25.0. The van der Waals surface area contributed by atoms with Gasteiger partial charge in [0.2, 0.25) is 0 Å². The molecule has 6 aliphatic rings. The van der Waals surface area contributed by atoms with Crippen molar-refractivity contribution in [1.29, 1.82) is 0 Å². The van der Waals surface area contributed by atoms with Gasteiger partial charge in [-0.05, 0) is 86.9 Å². The first-order valence-corrected chi connectivity index (χ1v) is 24.0. The molecule has 6 aliphatic carbocycles. The molecule has 0 aromatic rings. The highest BCUT2D eigenvalue weighted by molar-refractivity contribution is 5.85. The Balaban J connectivity index is 0.000000201. The monoisotopic (exact) mass is 781 g/mol. The van der Waals surface area contributed by atoms with Crippen LogP contribution in [0.5, 0.6) is 0 Å². The third-order valence-corrected chi connectivity index (χ3v) is 14.2. The van der Waals surface area contributed by atoms with Gasteiger partial charge >= 0.3 is 11.9 Å². The first-order valence-electron chi connectivity index (χ1n) is 24.0. The van der Waals surface area contributed by atoms with E-state index in [1.807, 2.05) is 38.2 Å². The summed E-state index contributed by atoms with van der Waals surface area (Å²) in [6, 6.07) is 0. The molecule has 6 nitrogen and oxygen atoms in total. The van der Waals surface area contributed by atoms with Crippen molar-refractivity contribution in [2.24, 2.45) is 47.3 Å². The molecule has 4 unspecified atom stereocenters. The number of Topliss-reactive ketones (excluding diaryl/α,β-unsaturated/α-hetero) is 2. The number of rotatable bonds is 14. The predicted octanol–water partition coefficient (Wildman–Crippen LogP) is 13.9.